The fraction of sp³-hybridized carbons (Fsp3) is 0.333. The predicted octanol–water partition coefficient (Wildman–Crippen LogP) is 3.88. The number of para-hydroxylation sites is 1. The van der Waals surface area contributed by atoms with Crippen molar-refractivity contribution in [2.75, 3.05) is 5.32 Å². The molecule has 2 N–H and O–H groups in total. The van der Waals surface area contributed by atoms with E-state index >= 15 is 0 Å². The van der Waals surface area contributed by atoms with Crippen LogP contribution in [-0.2, 0) is 14.8 Å². The number of carbonyl (C=O) groups excluding carboxylic acids is 1. The van der Waals surface area contributed by atoms with E-state index in [1.807, 2.05) is 51.1 Å². The Bertz CT molecular complexity index is 999. The van der Waals surface area contributed by atoms with Gasteiger partial charge in [0.05, 0.1) is 11.7 Å². The van der Waals surface area contributed by atoms with Gasteiger partial charge in [-0.25, -0.2) is 0 Å². The number of amides is 1. The van der Waals surface area contributed by atoms with Crippen LogP contribution in [-0.4, -0.2) is 20.2 Å². The summed E-state index contributed by atoms with van der Waals surface area (Å²) in [6, 6.07) is 16.3. The van der Waals surface area contributed by atoms with Crippen LogP contribution in [0, 0.1) is 5.41 Å². The average Bonchev–Trinajstić information content (AvgIpc) is 2.60. The van der Waals surface area contributed by atoms with Crippen molar-refractivity contribution in [1.29, 1.82) is 0 Å². The Balaban J connectivity index is 1.65. The van der Waals surface area contributed by atoms with Gasteiger partial charge < -0.3 is 10.6 Å². The van der Waals surface area contributed by atoms with Crippen molar-refractivity contribution in [3.8, 4) is 0 Å². The molecule has 1 heterocycles. The number of hydrogen-bond donors (Lipinski definition) is 2. The molecule has 1 atom stereocenters. The van der Waals surface area contributed by atoms with E-state index in [-0.39, 0.29) is 23.3 Å². The van der Waals surface area contributed by atoms with Gasteiger partial charge in [-0.3, -0.25) is 4.79 Å². The molecule has 3 rings (SSSR count). The molecule has 1 aliphatic heterocycles. The minimum absolute atomic E-state index is 0.0824. The molecule has 0 bridgehead atoms. The van der Waals surface area contributed by atoms with Gasteiger partial charge in [-0.15, -0.1) is 4.40 Å². The summed E-state index contributed by atoms with van der Waals surface area (Å²) < 4.78 is 28.7. The Morgan fingerprint density at radius 3 is 2.46 bits per heavy atom. The van der Waals surface area contributed by atoms with E-state index in [9.17, 15) is 13.2 Å². The summed E-state index contributed by atoms with van der Waals surface area (Å²) in [5.41, 5.74) is 1.09. The molecule has 0 aromatic heterocycles. The third-order valence-electron chi connectivity index (χ3n) is 4.64. The van der Waals surface area contributed by atoms with Crippen molar-refractivity contribution in [3.63, 3.8) is 0 Å². The normalized spacial score (nSPS) is 16.3. The van der Waals surface area contributed by atoms with Crippen LogP contribution in [0.3, 0.4) is 0 Å². The Morgan fingerprint density at radius 2 is 1.75 bits per heavy atom. The van der Waals surface area contributed by atoms with Gasteiger partial charge in [-0.05, 0) is 30.0 Å². The first-order valence-corrected chi connectivity index (χ1v) is 10.6. The van der Waals surface area contributed by atoms with Gasteiger partial charge in [0.1, 0.15) is 10.7 Å². The molecule has 0 fully saturated rings. The monoisotopic (exact) mass is 399 g/mol. The molecule has 1 amide bonds. The Labute approximate surface area is 166 Å². The fourth-order valence-corrected chi connectivity index (χ4v) is 4.46. The van der Waals surface area contributed by atoms with Gasteiger partial charge >= 0.3 is 0 Å². The zero-order valence-corrected chi connectivity index (χ0v) is 17.1. The molecule has 0 aliphatic carbocycles. The van der Waals surface area contributed by atoms with Crippen LogP contribution in [0.1, 0.15) is 45.2 Å². The van der Waals surface area contributed by atoms with Crippen LogP contribution in [0.2, 0.25) is 0 Å². The molecule has 0 spiro atoms. The lowest BCUT2D eigenvalue weighted by atomic mass is 9.84. The van der Waals surface area contributed by atoms with Crippen LogP contribution >= 0.6 is 0 Å². The number of benzene rings is 2. The summed E-state index contributed by atoms with van der Waals surface area (Å²) in [6.45, 7) is 5.80. The lowest BCUT2D eigenvalue weighted by Gasteiger charge is -2.27. The maximum Gasteiger partial charge on any atom is 0.286 e. The zero-order chi connectivity index (χ0) is 20.4. The van der Waals surface area contributed by atoms with Gasteiger partial charge in [0.25, 0.3) is 10.0 Å². The predicted molar refractivity (Wildman–Crippen MR) is 111 cm³/mol. The van der Waals surface area contributed by atoms with Crippen molar-refractivity contribution >= 4 is 27.5 Å². The van der Waals surface area contributed by atoms with Crippen LogP contribution in [0.4, 0.5) is 5.69 Å². The maximum absolute atomic E-state index is 12.5. The van der Waals surface area contributed by atoms with Gasteiger partial charge in [-0.2, -0.15) is 8.42 Å². The number of amidine groups is 1. The average molecular weight is 400 g/mol. The molecule has 0 saturated carbocycles. The number of nitrogens with one attached hydrogen (secondary N) is 2. The molecule has 148 valence electrons. The molecule has 6 nitrogen and oxygen atoms in total. The summed E-state index contributed by atoms with van der Waals surface area (Å²) in [7, 11) is -3.72. The van der Waals surface area contributed by atoms with Gasteiger partial charge in [0.15, 0.2) is 0 Å². The number of sulfonamides is 1. The van der Waals surface area contributed by atoms with E-state index < -0.39 is 15.4 Å². The van der Waals surface area contributed by atoms with E-state index in [0.717, 1.165) is 5.56 Å². The highest BCUT2D eigenvalue weighted by Crippen LogP contribution is 2.32. The minimum Gasteiger partial charge on any atom is -0.350 e. The molecule has 2 aromatic rings. The number of fused-ring (bicyclic) bond motifs is 1. The van der Waals surface area contributed by atoms with E-state index in [1.54, 1.807) is 18.2 Å². The smallest absolute Gasteiger partial charge is 0.286 e. The summed E-state index contributed by atoms with van der Waals surface area (Å²) in [5, 5.41) is 6.09. The number of hydrogen-bond acceptors (Lipinski definition) is 4. The molecule has 1 unspecified atom stereocenters. The van der Waals surface area contributed by atoms with Crippen molar-refractivity contribution in [1.82, 2.24) is 5.32 Å². The first-order chi connectivity index (χ1) is 13.2. The molecular weight excluding hydrogens is 374 g/mol. The number of anilines is 1. The van der Waals surface area contributed by atoms with Crippen molar-refractivity contribution in [2.45, 2.75) is 44.6 Å². The third-order valence-corrected chi connectivity index (χ3v) is 6.01. The first kappa shape index (κ1) is 20.1. The molecule has 2 aromatic carbocycles. The number of nitrogens with zero attached hydrogens (tertiary/aromatic N) is 1. The van der Waals surface area contributed by atoms with Gasteiger partial charge in [-0.1, -0.05) is 56.3 Å². The third kappa shape index (κ3) is 4.78. The molecule has 0 radical (unpaired) electrons. The SMILES string of the molecule is CC(NC(=O)CC(C)(C)CC1=NS(=O)(=O)c2ccccc2N1)c1ccccc1. The van der Waals surface area contributed by atoms with Crippen LogP contribution in [0.25, 0.3) is 0 Å². The Kier molecular flexibility index (Phi) is 5.56. The van der Waals surface area contributed by atoms with E-state index in [4.69, 9.17) is 0 Å². The lowest BCUT2D eigenvalue weighted by Crippen LogP contribution is -2.33. The van der Waals surface area contributed by atoms with Crippen molar-refractivity contribution < 1.29 is 13.2 Å². The second-order valence-electron chi connectivity index (χ2n) is 7.85. The second-order valence-corrected chi connectivity index (χ2v) is 9.42. The molecule has 7 heteroatoms. The van der Waals surface area contributed by atoms with E-state index in [0.29, 0.717) is 17.9 Å². The summed E-state index contributed by atoms with van der Waals surface area (Å²) >= 11 is 0. The standard InChI is InChI=1S/C21H25N3O3S/c1-15(16-9-5-4-6-10-16)22-20(25)14-21(2,3)13-19-23-17-11-7-8-12-18(17)28(26,27)24-19/h4-12,15H,13-14H2,1-3H3,(H,22,25)(H,23,24). The maximum atomic E-state index is 12.5. The Hall–Kier alpha value is -2.67. The van der Waals surface area contributed by atoms with E-state index in [2.05, 4.69) is 15.0 Å². The van der Waals surface area contributed by atoms with Crippen molar-refractivity contribution in [2.24, 2.45) is 9.81 Å². The number of rotatable bonds is 6. The first-order valence-electron chi connectivity index (χ1n) is 9.20. The number of carbonyl (C=O) groups is 1. The summed E-state index contributed by atoms with van der Waals surface area (Å²) in [6.07, 6.45) is 0.597. The van der Waals surface area contributed by atoms with Gasteiger partial charge in [0.2, 0.25) is 5.91 Å². The van der Waals surface area contributed by atoms with Crippen LogP contribution < -0.4 is 10.6 Å². The zero-order valence-electron chi connectivity index (χ0n) is 16.3. The lowest BCUT2D eigenvalue weighted by molar-refractivity contribution is -0.123. The molecule has 1 aliphatic rings. The van der Waals surface area contributed by atoms with Crippen LogP contribution in [0.15, 0.2) is 63.9 Å². The summed E-state index contributed by atoms with van der Waals surface area (Å²) in [5.74, 6) is 0.272. The highest BCUT2D eigenvalue weighted by atomic mass is 32.2. The molecule has 28 heavy (non-hydrogen) atoms. The fourth-order valence-electron chi connectivity index (χ4n) is 3.31. The quantitative estimate of drug-likeness (QED) is 0.772. The minimum atomic E-state index is -3.72. The molecule has 0 saturated heterocycles. The van der Waals surface area contributed by atoms with E-state index in [1.165, 1.54) is 6.07 Å². The Morgan fingerprint density at radius 1 is 1.11 bits per heavy atom. The largest absolute Gasteiger partial charge is 0.350 e. The molecular formula is C21H25N3O3S. The topological polar surface area (TPSA) is 87.6 Å². The highest BCUT2D eigenvalue weighted by Gasteiger charge is 2.30. The van der Waals surface area contributed by atoms with Crippen LogP contribution in [0.5, 0.6) is 0 Å². The van der Waals surface area contributed by atoms with Crippen molar-refractivity contribution in [3.05, 3.63) is 60.2 Å². The second kappa shape index (κ2) is 7.75. The summed E-state index contributed by atoms with van der Waals surface area (Å²) in [4.78, 5) is 12.7. The van der Waals surface area contributed by atoms with Gasteiger partial charge in [0, 0.05) is 12.8 Å². The highest BCUT2D eigenvalue weighted by molar-refractivity contribution is 7.90.